The lowest BCUT2D eigenvalue weighted by molar-refractivity contribution is 0.415. The van der Waals surface area contributed by atoms with Crippen molar-refractivity contribution in [2.24, 2.45) is 0 Å². The van der Waals surface area contributed by atoms with Gasteiger partial charge in [-0.25, -0.2) is 0 Å². The molecule has 0 radical (unpaired) electrons. The molecule has 0 aliphatic heterocycles. The Morgan fingerprint density at radius 3 is 1.61 bits per heavy atom. The van der Waals surface area contributed by atoms with Crippen molar-refractivity contribution in [1.82, 2.24) is 0 Å². The lowest BCUT2D eigenvalue weighted by Crippen LogP contribution is -2.11. The van der Waals surface area contributed by atoms with Gasteiger partial charge in [-0.2, -0.15) is 0 Å². The van der Waals surface area contributed by atoms with Crippen molar-refractivity contribution in [2.75, 3.05) is 18.6 Å². The van der Waals surface area contributed by atoms with Gasteiger partial charge >= 0.3 is 0 Å². The Morgan fingerprint density at radius 2 is 1.18 bits per heavy atom. The van der Waals surface area contributed by atoms with Crippen LogP contribution in [-0.4, -0.2) is 12.2 Å². The van der Waals surface area contributed by atoms with Crippen LogP contribution in [0.25, 0.3) is 22.3 Å². The standard InChI is InChI=1S/C18H15NO.C11H17NO/c19-15-11-16(13-7-3-1-4-8-13)18(20)17(12-15)14-9-5-2-6-10-14;1-11(2,3)8-5-6-9(12)10(7-8)13-4/h1-12,20H,19H2;5-7H,12H2,1-4H3. The molecule has 4 aromatic rings. The fourth-order valence-corrected chi connectivity index (χ4v) is 3.51. The van der Waals surface area contributed by atoms with Crippen molar-refractivity contribution in [3.63, 3.8) is 0 Å². The van der Waals surface area contributed by atoms with Crippen LogP contribution in [0.3, 0.4) is 0 Å². The number of nitrogens with two attached hydrogens (primary N) is 2. The summed E-state index contributed by atoms with van der Waals surface area (Å²) in [6.07, 6.45) is 0. The number of hydrogen-bond donors (Lipinski definition) is 3. The highest BCUT2D eigenvalue weighted by atomic mass is 16.5. The van der Waals surface area contributed by atoms with Gasteiger partial charge in [0.15, 0.2) is 0 Å². The second-order valence-electron chi connectivity index (χ2n) is 8.90. The predicted molar refractivity (Wildman–Crippen MR) is 139 cm³/mol. The van der Waals surface area contributed by atoms with Crippen LogP contribution in [0, 0.1) is 0 Å². The molecule has 170 valence electrons. The molecule has 0 fully saturated rings. The largest absolute Gasteiger partial charge is 0.507 e. The third-order valence-corrected chi connectivity index (χ3v) is 5.40. The number of benzene rings is 4. The van der Waals surface area contributed by atoms with E-state index in [2.05, 4.69) is 20.8 Å². The average Bonchev–Trinajstić information content (AvgIpc) is 2.81. The molecule has 5 N–H and O–H groups in total. The Kier molecular flexibility index (Phi) is 7.29. The van der Waals surface area contributed by atoms with E-state index in [4.69, 9.17) is 16.2 Å². The van der Waals surface area contributed by atoms with E-state index in [0.29, 0.717) is 11.4 Å². The van der Waals surface area contributed by atoms with E-state index in [9.17, 15) is 5.11 Å². The summed E-state index contributed by atoms with van der Waals surface area (Å²) in [5.74, 6) is 1.02. The number of phenolic OH excluding ortho intramolecular Hbond substituents is 1. The van der Waals surface area contributed by atoms with Gasteiger partial charge < -0.3 is 21.3 Å². The number of methoxy groups -OCH3 is 1. The van der Waals surface area contributed by atoms with E-state index in [1.807, 2.05) is 78.9 Å². The Balaban J connectivity index is 0.000000205. The van der Waals surface area contributed by atoms with Crippen molar-refractivity contribution in [2.45, 2.75) is 26.2 Å². The van der Waals surface area contributed by atoms with Crippen LogP contribution in [0.2, 0.25) is 0 Å². The number of phenols is 1. The summed E-state index contributed by atoms with van der Waals surface area (Å²) >= 11 is 0. The van der Waals surface area contributed by atoms with Crippen molar-refractivity contribution in [1.29, 1.82) is 0 Å². The van der Waals surface area contributed by atoms with Gasteiger partial charge in [0, 0.05) is 16.8 Å². The molecule has 4 aromatic carbocycles. The highest BCUT2D eigenvalue weighted by Gasteiger charge is 2.15. The smallest absolute Gasteiger partial charge is 0.142 e. The third kappa shape index (κ3) is 5.86. The summed E-state index contributed by atoms with van der Waals surface area (Å²) < 4.78 is 5.16. The van der Waals surface area contributed by atoms with Gasteiger partial charge in [0.1, 0.15) is 11.5 Å². The number of nitrogen functional groups attached to an aromatic ring is 2. The zero-order valence-corrected chi connectivity index (χ0v) is 19.7. The van der Waals surface area contributed by atoms with Crippen molar-refractivity contribution in [3.8, 4) is 33.8 Å². The molecule has 0 aliphatic rings. The summed E-state index contributed by atoms with van der Waals surface area (Å²) in [5.41, 5.74) is 17.8. The molecule has 0 atom stereocenters. The van der Waals surface area contributed by atoms with Crippen molar-refractivity contribution >= 4 is 11.4 Å². The Morgan fingerprint density at radius 1 is 0.697 bits per heavy atom. The Bertz CT molecular complexity index is 1140. The maximum atomic E-state index is 10.6. The van der Waals surface area contributed by atoms with Gasteiger partial charge in [0.2, 0.25) is 0 Å². The van der Waals surface area contributed by atoms with E-state index in [-0.39, 0.29) is 11.2 Å². The quantitative estimate of drug-likeness (QED) is 0.239. The lowest BCUT2D eigenvalue weighted by atomic mass is 9.87. The van der Waals surface area contributed by atoms with Gasteiger partial charge in [-0.05, 0) is 46.4 Å². The molecule has 4 rings (SSSR count). The molecular formula is C29H32N2O2. The minimum Gasteiger partial charge on any atom is -0.507 e. The van der Waals surface area contributed by atoms with Crippen LogP contribution >= 0.6 is 0 Å². The Hall–Kier alpha value is -3.92. The van der Waals surface area contributed by atoms with Crippen LogP contribution in [-0.2, 0) is 5.41 Å². The summed E-state index contributed by atoms with van der Waals surface area (Å²) in [7, 11) is 1.64. The van der Waals surface area contributed by atoms with Gasteiger partial charge in [-0.15, -0.1) is 0 Å². The molecule has 0 saturated carbocycles. The topological polar surface area (TPSA) is 81.5 Å². The van der Waals surface area contributed by atoms with E-state index in [1.54, 1.807) is 19.2 Å². The van der Waals surface area contributed by atoms with Crippen molar-refractivity contribution in [3.05, 3.63) is 96.6 Å². The molecule has 0 aliphatic carbocycles. The second kappa shape index (κ2) is 10.1. The maximum Gasteiger partial charge on any atom is 0.142 e. The molecule has 0 unspecified atom stereocenters. The molecule has 0 saturated heterocycles. The zero-order chi connectivity index (χ0) is 24.0. The lowest BCUT2D eigenvalue weighted by Gasteiger charge is -2.20. The summed E-state index contributed by atoms with van der Waals surface area (Å²) in [6, 6.07) is 29.1. The fraction of sp³-hybridized carbons (Fsp3) is 0.172. The van der Waals surface area contributed by atoms with E-state index in [0.717, 1.165) is 28.0 Å². The number of anilines is 2. The van der Waals surface area contributed by atoms with Gasteiger partial charge in [-0.3, -0.25) is 0 Å². The van der Waals surface area contributed by atoms with Gasteiger partial charge in [0.05, 0.1) is 12.8 Å². The minimum absolute atomic E-state index is 0.140. The number of aromatic hydroxyl groups is 1. The summed E-state index contributed by atoms with van der Waals surface area (Å²) in [5, 5.41) is 10.6. The first-order chi connectivity index (χ1) is 15.7. The number of hydrogen-bond acceptors (Lipinski definition) is 4. The molecule has 4 heteroatoms. The first kappa shape index (κ1) is 23.7. The fourth-order valence-electron chi connectivity index (χ4n) is 3.51. The predicted octanol–water partition coefficient (Wildman–Crippen LogP) is 6.88. The Labute approximate surface area is 196 Å². The van der Waals surface area contributed by atoms with Gasteiger partial charge in [-0.1, -0.05) is 87.5 Å². The van der Waals surface area contributed by atoms with Crippen molar-refractivity contribution < 1.29 is 9.84 Å². The molecule has 0 spiro atoms. The molecule has 4 nitrogen and oxygen atoms in total. The first-order valence-corrected chi connectivity index (χ1v) is 10.9. The van der Waals surface area contributed by atoms with Crippen LogP contribution in [0.15, 0.2) is 91.0 Å². The highest BCUT2D eigenvalue weighted by molar-refractivity contribution is 5.85. The summed E-state index contributed by atoms with van der Waals surface area (Å²) in [6.45, 7) is 6.49. The van der Waals surface area contributed by atoms with Crippen LogP contribution < -0.4 is 16.2 Å². The number of rotatable bonds is 3. The van der Waals surface area contributed by atoms with E-state index in [1.165, 1.54) is 5.56 Å². The summed E-state index contributed by atoms with van der Waals surface area (Å²) in [4.78, 5) is 0. The minimum atomic E-state index is 0.140. The first-order valence-electron chi connectivity index (χ1n) is 10.9. The molecule has 33 heavy (non-hydrogen) atoms. The van der Waals surface area contributed by atoms with Crippen LogP contribution in [0.4, 0.5) is 11.4 Å². The molecule has 0 aromatic heterocycles. The third-order valence-electron chi connectivity index (χ3n) is 5.40. The van der Waals surface area contributed by atoms with Crippen LogP contribution in [0.1, 0.15) is 26.3 Å². The average molecular weight is 441 g/mol. The second-order valence-corrected chi connectivity index (χ2v) is 8.90. The number of ether oxygens (including phenoxy) is 1. The van der Waals surface area contributed by atoms with Gasteiger partial charge in [0.25, 0.3) is 0 Å². The van der Waals surface area contributed by atoms with E-state index >= 15 is 0 Å². The highest BCUT2D eigenvalue weighted by Crippen LogP contribution is 2.39. The monoisotopic (exact) mass is 440 g/mol. The molecule has 0 bridgehead atoms. The zero-order valence-electron chi connectivity index (χ0n) is 19.7. The normalized spacial score (nSPS) is 10.8. The SMILES string of the molecule is COc1cc(C(C)(C)C)ccc1N.Nc1cc(-c2ccccc2)c(O)c(-c2ccccc2)c1. The van der Waals surface area contributed by atoms with Crippen LogP contribution in [0.5, 0.6) is 11.5 Å². The van der Waals surface area contributed by atoms with E-state index < -0.39 is 0 Å². The molecular weight excluding hydrogens is 408 g/mol. The maximum absolute atomic E-state index is 10.6. The molecule has 0 heterocycles. The molecule has 0 amide bonds.